The number of oxazole rings is 1. The molecule has 9 heteroatoms. The minimum Gasteiger partial charge on any atom is -0.436 e. The Labute approximate surface area is 106 Å². The molecular formula is C9H16NO6PS. The van der Waals surface area contributed by atoms with Crippen LogP contribution in [0, 0.1) is 0 Å². The van der Waals surface area contributed by atoms with Gasteiger partial charge in [-0.15, -0.1) is 0 Å². The molecule has 0 N–H and O–H groups in total. The van der Waals surface area contributed by atoms with Crippen molar-refractivity contribution in [1.82, 2.24) is 4.98 Å². The van der Waals surface area contributed by atoms with Crippen LogP contribution in [-0.4, -0.2) is 32.9 Å². The second-order valence-corrected chi connectivity index (χ2v) is 7.43. The lowest BCUT2D eigenvalue weighted by atomic mass is 10.6. The molecule has 18 heavy (non-hydrogen) atoms. The van der Waals surface area contributed by atoms with E-state index in [-0.39, 0.29) is 25.1 Å². The molecule has 1 aromatic rings. The third-order valence-corrected chi connectivity index (χ3v) is 4.69. The van der Waals surface area contributed by atoms with Gasteiger partial charge in [0.25, 0.3) is 0 Å². The highest BCUT2D eigenvalue weighted by Crippen LogP contribution is 2.51. The van der Waals surface area contributed by atoms with Crippen molar-refractivity contribution in [3.63, 3.8) is 0 Å². The van der Waals surface area contributed by atoms with Crippen molar-refractivity contribution in [2.45, 2.75) is 25.2 Å². The van der Waals surface area contributed by atoms with E-state index < -0.39 is 22.7 Å². The van der Waals surface area contributed by atoms with Crippen molar-refractivity contribution < 1.29 is 26.4 Å². The van der Waals surface area contributed by atoms with Crippen molar-refractivity contribution >= 4 is 17.4 Å². The summed E-state index contributed by atoms with van der Waals surface area (Å²) in [7, 11) is -6.81. The number of nitrogens with zero attached hydrogens (tertiary/aromatic N) is 1. The summed E-state index contributed by atoms with van der Waals surface area (Å²) < 4.78 is 49.5. The minimum atomic E-state index is -3.51. The van der Waals surface area contributed by atoms with Gasteiger partial charge in [-0.05, 0) is 13.8 Å². The summed E-state index contributed by atoms with van der Waals surface area (Å²) in [5.74, 6) is 0. The summed E-state index contributed by atoms with van der Waals surface area (Å²) in [6.07, 6.45) is 2.00. The van der Waals surface area contributed by atoms with E-state index >= 15 is 0 Å². The minimum absolute atomic E-state index is 0.117. The molecule has 0 radical (unpaired) electrons. The van der Waals surface area contributed by atoms with Crippen molar-refractivity contribution in [3.8, 4) is 0 Å². The predicted octanol–water partition coefficient (Wildman–Crippen LogP) is 1.84. The lowest BCUT2D eigenvalue weighted by Crippen LogP contribution is -2.01. The third-order valence-electron chi connectivity index (χ3n) is 1.86. The van der Waals surface area contributed by atoms with E-state index in [1.165, 1.54) is 0 Å². The predicted molar refractivity (Wildman–Crippen MR) is 64.2 cm³/mol. The van der Waals surface area contributed by atoms with Crippen LogP contribution in [0.25, 0.3) is 0 Å². The zero-order chi connectivity index (χ0) is 13.8. The Morgan fingerprint density at radius 3 is 2.28 bits per heavy atom. The first-order valence-electron chi connectivity index (χ1n) is 5.33. The first-order valence-corrected chi connectivity index (χ1v) is 8.95. The summed E-state index contributed by atoms with van der Waals surface area (Å²) in [5, 5.41) is -0.406. The van der Waals surface area contributed by atoms with Crippen LogP contribution >= 0.6 is 7.60 Å². The zero-order valence-electron chi connectivity index (χ0n) is 10.5. The summed E-state index contributed by atoms with van der Waals surface area (Å²) in [5.41, 5.74) is 0.223. The van der Waals surface area contributed by atoms with E-state index in [0.717, 1.165) is 12.5 Å². The van der Waals surface area contributed by atoms with Gasteiger partial charge in [0.1, 0.15) is 6.26 Å². The van der Waals surface area contributed by atoms with E-state index in [9.17, 15) is 13.0 Å². The Kier molecular flexibility index (Phi) is 5.10. The highest BCUT2D eigenvalue weighted by molar-refractivity contribution is 7.90. The summed E-state index contributed by atoms with van der Waals surface area (Å²) in [6, 6.07) is 0. The molecule has 0 amide bonds. The maximum absolute atomic E-state index is 12.2. The Bertz CT molecular complexity index is 527. The van der Waals surface area contributed by atoms with Crippen LogP contribution in [0.4, 0.5) is 0 Å². The first-order chi connectivity index (χ1) is 8.30. The third kappa shape index (κ3) is 4.20. The number of aromatic nitrogens is 1. The van der Waals surface area contributed by atoms with Crippen molar-refractivity contribution in [1.29, 1.82) is 0 Å². The Morgan fingerprint density at radius 1 is 1.33 bits per heavy atom. The van der Waals surface area contributed by atoms with E-state index in [1.54, 1.807) is 13.8 Å². The molecule has 0 saturated heterocycles. The largest absolute Gasteiger partial charge is 0.436 e. The van der Waals surface area contributed by atoms with E-state index in [2.05, 4.69) is 4.98 Å². The van der Waals surface area contributed by atoms with Gasteiger partial charge in [0.05, 0.1) is 25.1 Å². The molecule has 0 bridgehead atoms. The molecule has 1 heterocycles. The fourth-order valence-electron chi connectivity index (χ4n) is 1.25. The smallest absolute Gasteiger partial charge is 0.336 e. The van der Waals surface area contributed by atoms with Gasteiger partial charge >= 0.3 is 12.8 Å². The zero-order valence-corrected chi connectivity index (χ0v) is 12.2. The molecule has 0 aliphatic carbocycles. The van der Waals surface area contributed by atoms with Crippen molar-refractivity contribution in [3.05, 3.63) is 12.0 Å². The first kappa shape index (κ1) is 15.4. The molecule has 1 aromatic heterocycles. The topological polar surface area (TPSA) is 95.7 Å². The van der Waals surface area contributed by atoms with Crippen molar-refractivity contribution in [2.75, 3.05) is 19.5 Å². The fraction of sp³-hybridized carbons (Fsp3) is 0.667. The summed E-state index contributed by atoms with van der Waals surface area (Å²) in [4.78, 5) is 3.74. The van der Waals surface area contributed by atoms with Gasteiger partial charge in [0.2, 0.25) is 9.84 Å². The van der Waals surface area contributed by atoms with Crippen LogP contribution in [0.3, 0.4) is 0 Å². The Morgan fingerprint density at radius 2 is 1.89 bits per heavy atom. The summed E-state index contributed by atoms with van der Waals surface area (Å²) in [6.45, 7) is 3.84. The molecule has 0 saturated carbocycles. The number of hydrogen-bond donors (Lipinski definition) is 0. The lowest BCUT2D eigenvalue weighted by Gasteiger charge is -2.15. The molecule has 0 spiro atoms. The van der Waals surface area contributed by atoms with Crippen LogP contribution in [0.15, 0.2) is 15.9 Å². The average molecular weight is 297 g/mol. The van der Waals surface area contributed by atoms with Gasteiger partial charge in [-0.3, -0.25) is 4.57 Å². The maximum Gasteiger partial charge on any atom is 0.336 e. The quantitative estimate of drug-likeness (QED) is 0.708. The van der Waals surface area contributed by atoms with Gasteiger partial charge in [-0.1, -0.05) is 0 Å². The summed E-state index contributed by atoms with van der Waals surface area (Å²) >= 11 is 0. The van der Waals surface area contributed by atoms with Crippen LogP contribution in [-0.2, 0) is 29.6 Å². The van der Waals surface area contributed by atoms with Gasteiger partial charge < -0.3 is 13.5 Å². The monoisotopic (exact) mass is 297 g/mol. The van der Waals surface area contributed by atoms with Gasteiger partial charge in [-0.25, -0.2) is 13.4 Å². The molecule has 7 nitrogen and oxygen atoms in total. The maximum atomic E-state index is 12.2. The Hall–Kier alpha value is -0.690. The van der Waals surface area contributed by atoms with Crippen LogP contribution < -0.4 is 0 Å². The van der Waals surface area contributed by atoms with E-state index in [4.69, 9.17) is 13.5 Å². The Balaban J connectivity index is 2.89. The van der Waals surface area contributed by atoms with E-state index in [0.29, 0.717) is 0 Å². The molecule has 104 valence electrons. The van der Waals surface area contributed by atoms with Gasteiger partial charge in [-0.2, -0.15) is 0 Å². The molecule has 1 rings (SSSR count). The standard InChI is InChI=1S/C9H16NO6PS/c1-4-15-17(11,16-5-2)7-8-6-14-9(10-8)18(3,12)13/h6H,4-5,7H2,1-3H3. The molecule has 0 unspecified atom stereocenters. The van der Waals surface area contributed by atoms with E-state index in [1.807, 2.05) is 0 Å². The molecular weight excluding hydrogens is 281 g/mol. The van der Waals surface area contributed by atoms with Crippen LogP contribution in [0.2, 0.25) is 0 Å². The second kappa shape index (κ2) is 5.97. The second-order valence-electron chi connectivity index (χ2n) is 3.48. The van der Waals surface area contributed by atoms with Crippen molar-refractivity contribution in [2.24, 2.45) is 0 Å². The number of hydrogen-bond acceptors (Lipinski definition) is 7. The van der Waals surface area contributed by atoms with Crippen LogP contribution in [0.5, 0.6) is 0 Å². The molecule has 0 aliphatic rings. The number of rotatable bonds is 7. The average Bonchev–Trinajstić information content (AvgIpc) is 2.65. The molecule has 0 aliphatic heterocycles. The molecule has 0 fully saturated rings. The molecule has 0 atom stereocenters. The SMILES string of the molecule is CCOP(=O)(Cc1coc(S(C)(=O)=O)n1)OCC. The lowest BCUT2D eigenvalue weighted by molar-refractivity contribution is 0.219. The normalized spacial score (nSPS) is 12.8. The van der Waals surface area contributed by atoms with Gasteiger partial charge in [0.15, 0.2) is 0 Å². The number of sulfone groups is 1. The van der Waals surface area contributed by atoms with Gasteiger partial charge in [0, 0.05) is 6.26 Å². The fourth-order valence-corrected chi connectivity index (χ4v) is 3.34. The van der Waals surface area contributed by atoms with Crippen LogP contribution in [0.1, 0.15) is 19.5 Å². The highest BCUT2D eigenvalue weighted by Gasteiger charge is 2.27. The molecule has 0 aromatic carbocycles. The highest BCUT2D eigenvalue weighted by atomic mass is 32.2.